The molecule has 6 heteroatoms. The van der Waals surface area contributed by atoms with E-state index in [0.29, 0.717) is 16.3 Å². The van der Waals surface area contributed by atoms with Gasteiger partial charge in [-0.2, -0.15) is 0 Å². The Bertz CT molecular complexity index is 624. The summed E-state index contributed by atoms with van der Waals surface area (Å²) >= 11 is 1.27. The number of rotatable bonds is 5. The van der Waals surface area contributed by atoms with E-state index in [1.54, 1.807) is 41.8 Å². The van der Waals surface area contributed by atoms with Gasteiger partial charge in [0.15, 0.2) is 6.10 Å². The average Bonchev–Trinajstić information content (AvgIpc) is 3.02. The van der Waals surface area contributed by atoms with Crippen molar-refractivity contribution in [3.63, 3.8) is 0 Å². The van der Waals surface area contributed by atoms with Crippen LogP contribution in [0.3, 0.4) is 0 Å². The zero-order valence-corrected chi connectivity index (χ0v) is 12.5. The molecule has 1 aromatic carbocycles. The summed E-state index contributed by atoms with van der Waals surface area (Å²) in [6.07, 6.45) is -0.899. The minimum absolute atomic E-state index is 0.413. The molecular weight excluding hydrogens is 290 g/mol. The molecule has 5 nitrogen and oxygen atoms in total. The maximum atomic E-state index is 12.0. The third kappa shape index (κ3) is 3.82. The van der Waals surface area contributed by atoms with E-state index in [4.69, 9.17) is 9.47 Å². The molecule has 0 fully saturated rings. The van der Waals surface area contributed by atoms with Gasteiger partial charge in [-0.05, 0) is 30.5 Å². The Morgan fingerprint density at radius 2 is 1.95 bits per heavy atom. The molecule has 0 unspecified atom stereocenters. The third-order valence-corrected chi connectivity index (χ3v) is 3.59. The van der Waals surface area contributed by atoms with E-state index in [9.17, 15) is 9.59 Å². The van der Waals surface area contributed by atoms with Gasteiger partial charge in [0.2, 0.25) is 0 Å². The standard InChI is InChI=1S/C15H15NO4S/c1-10(20-15(18)13-8-5-9-21-13)14(17)16-11-6-3-4-7-12(11)19-2/h3-10H,1-2H3,(H,16,17)/t10-/m1/s1. The fraction of sp³-hybridized carbons (Fsp3) is 0.200. The van der Waals surface area contributed by atoms with Gasteiger partial charge in [0.1, 0.15) is 10.6 Å². The van der Waals surface area contributed by atoms with Crippen LogP contribution < -0.4 is 10.1 Å². The lowest BCUT2D eigenvalue weighted by Gasteiger charge is -2.14. The molecular formula is C15H15NO4S. The second-order valence-corrected chi connectivity index (χ2v) is 5.16. The molecule has 0 aliphatic rings. The van der Waals surface area contributed by atoms with Crippen molar-refractivity contribution in [1.29, 1.82) is 0 Å². The van der Waals surface area contributed by atoms with Crippen LogP contribution in [0.5, 0.6) is 5.75 Å². The number of hydrogen-bond acceptors (Lipinski definition) is 5. The van der Waals surface area contributed by atoms with Gasteiger partial charge in [-0.3, -0.25) is 4.79 Å². The number of carbonyl (C=O) groups is 2. The number of anilines is 1. The molecule has 110 valence electrons. The van der Waals surface area contributed by atoms with E-state index in [-0.39, 0.29) is 0 Å². The van der Waals surface area contributed by atoms with Crippen molar-refractivity contribution in [2.24, 2.45) is 0 Å². The topological polar surface area (TPSA) is 64.6 Å². The molecule has 1 heterocycles. The summed E-state index contributed by atoms with van der Waals surface area (Å²) in [5.41, 5.74) is 0.532. The first kappa shape index (κ1) is 15.1. The smallest absolute Gasteiger partial charge is 0.349 e. The van der Waals surface area contributed by atoms with Gasteiger partial charge in [-0.25, -0.2) is 4.79 Å². The Hall–Kier alpha value is -2.34. The van der Waals surface area contributed by atoms with Gasteiger partial charge in [-0.1, -0.05) is 18.2 Å². The van der Waals surface area contributed by atoms with Crippen LogP contribution >= 0.6 is 11.3 Å². The fourth-order valence-corrected chi connectivity index (χ4v) is 2.25. The Morgan fingerprint density at radius 3 is 2.62 bits per heavy atom. The van der Waals surface area contributed by atoms with Crippen LogP contribution in [0.2, 0.25) is 0 Å². The molecule has 1 amide bonds. The fourth-order valence-electron chi connectivity index (χ4n) is 1.65. The maximum absolute atomic E-state index is 12.0. The number of thiophene rings is 1. The number of ether oxygens (including phenoxy) is 2. The van der Waals surface area contributed by atoms with E-state index in [1.807, 2.05) is 0 Å². The summed E-state index contributed by atoms with van der Waals surface area (Å²) in [5, 5.41) is 4.45. The third-order valence-electron chi connectivity index (χ3n) is 2.74. The molecule has 1 atom stereocenters. The van der Waals surface area contributed by atoms with Gasteiger partial charge in [-0.15, -0.1) is 11.3 Å². The normalized spacial score (nSPS) is 11.5. The first-order valence-electron chi connectivity index (χ1n) is 6.30. The highest BCUT2D eigenvalue weighted by Crippen LogP contribution is 2.23. The summed E-state index contributed by atoms with van der Waals surface area (Å²) in [5.74, 6) is -0.375. The predicted molar refractivity (Wildman–Crippen MR) is 80.8 cm³/mol. The van der Waals surface area contributed by atoms with E-state index in [1.165, 1.54) is 25.4 Å². The molecule has 0 aliphatic heterocycles. The van der Waals surface area contributed by atoms with Gasteiger partial charge < -0.3 is 14.8 Å². The Kier molecular flexibility index (Phi) is 4.94. The van der Waals surface area contributed by atoms with Crippen LogP contribution in [0.1, 0.15) is 16.6 Å². The molecule has 2 aromatic rings. The van der Waals surface area contributed by atoms with Crippen LogP contribution in [-0.4, -0.2) is 25.1 Å². The van der Waals surface area contributed by atoms with Gasteiger partial charge >= 0.3 is 5.97 Å². The molecule has 21 heavy (non-hydrogen) atoms. The number of methoxy groups -OCH3 is 1. The summed E-state index contributed by atoms with van der Waals surface area (Å²) < 4.78 is 10.3. The number of para-hydroxylation sites is 2. The first-order valence-corrected chi connectivity index (χ1v) is 7.18. The molecule has 0 aliphatic carbocycles. The van der Waals surface area contributed by atoms with Gasteiger partial charge in [0, 0.05) is 0 Å². The van der Waals surface area contributed by atoms with Crippen molar-refractivity contribution in [1.82, 2.24) is 0 Å². The number of carbonyl (C=O) groups excluding carboxylic acids is 2. The van der Waals surface area contributed by atoms with E-state index >= 15 is 0 Å². The van der Waals surface area contributed by atoms with Crippen molar-refractivity contribution in [2.45, 2.75) is 13.0 Å². The van der Waals surface area contributed by atoms with Gasteiger partial charge in [0.05, 0.1) is 12.8 Å². The Labute approximate surface area is 126 Å². The lowest BCUT2D eigenvalue weighted by Crippen LogP contribution is -2.29. The lowest BCUT2D eigenvalue weighted by molar-refractivity contribution is -0.123. The van der Waals surface area contributed by atoms with E-state index in [2.05, 4.69) is 5.32 Å². The van der Waals surface area contributed by atoms with Crippen molar-refractivity contribution >= 4 is 28.9 Å². The monoisotopic (exact) mass is 305 g/mol. The highest BCUT2D eigenvalue weighted by atomic mass is 32.1. The van der Waals surface area contributed by atoms with Crippen LogP contribution in [0.15, 0.2) is 41.8 Å². The molecule has 0 spiro atoms. The second-order valence-electron chi connectivity index (χ2n) is 4.21. The largest absolute Gasteiger partial charge is 0.495 e. The van der Waals surface area contributed by atoms with Crippen LogP contribution in [0.25, 0.3) is 0 Å². The number of hydrogen-bond donors (Lipinski definition) is 1. The van der Waals surface area contributed by atoms with E-state index in [0.717, 1.165) is 0 Å². The van der Waals surface area contributed by atoms with Crippen molar-refractivity contribution in [3.05, 3.63) is 46.7 Å². The van der Waals surface area contributed by atoms with Crippen molar-refractivity contribution < 1.29 is 19.1 Å². The summed E-state index contributed by atoms with van der Waals surface area (Å²) in [7, 11) is 1.52. The lowest BCUT2D eigenvalue weighted by atomic mass is 10.2. The minimum Gasteiger partial charge on any atom is -0.495 e. The van der Waals surface area contributed by atoms with Crippen LogP contribution in [0, 0.1) is 0 Å². The SMILES string of the molecule is COc1ccccc1NC(=O)[C@@H](C)OC(=O)c1cccs1. The first-order chi connectivity index (χ1) is 10.1. The summed E-state index contributed by atoms with van der Waals surface area (Å²) in [4.78, 5) is 24.3. The summed E-state index contributed by atoms with van der Waals surface area (Å²) in [6.45, 7) is 1.52. The highest BCUT2D eigenvalue weighted by Gasteiger charge is 2.20. The molecule has 0 saturated carbocycles. The molecule has 2 rings (SSSR count). The van der Waals surface area contributed by atoms with Crippen molar-refractivity contribution in [3.8, 4) is 5.75 Å². The highest BCUT2D eigenvalue weighted by molar-refractivity contribution is 7.11. The molecule has 0 bridgehead atoms. The van der Waals surface area contributed by atoms with Crippen LogP contribution in [-0.2, 0) is 9.53 Å². The number of esters is 1. The Balaban J connectivity index is 1.98. The zero-order valence-electron chi connectivity index (χ0n) is 11.7. The zero-order chi connectivity index (χ0) is 15.2. The Morgan fingerprint density at radius 1 is 1.19 bits per heavy atom. The maximum Gasteiger partial charge on any atom is 0.349 e. The molecule has 1 N–H and O–H groups in total. The molecule has 0 saturated heterocycles. The van der Waals surface area contributed by atoms with E-state index < -0.39 is 18.0 Å². The molecule has 0 radical (unpaired) electrons. The average molecular weight is 305 g/mol. The number of amides is 1. The molecule has 1 aromatic heterocycles. The van der Waals surface area contributed by atoms with Crippen LogP contribution in [0.4, 0.5) is 5.69 Å². The number of nitrogens with one attached hydrogen (secondary N) is 1. The predicted octanol–water partition coefficient (Wildman–Crippen LogP) is 2.94. The minimum atomic E-state index is -0.899. The van der Waals surface area contributed by atoms with Crippen molar-refractivity contribution in [2.75, 3.05) is 12.4 Å². The quantitative estimate of drug-likeness (QED) is 0.863. The summed E-state index contributed by atoms with van der Waals surface area (Å²) in [6, 6.07) is 10.4. The van der Waals surface area contributed by atoms with Gasteiger partial charge in [0.25, 0.3) is 5.91 Å². The number of benzene rings is 1. The second kappa shape index (κ2) is 6.90.